The summed E-state index contributed by atoms with van der Waals surface area (Å²) in [6, 6.07) is 9.98. The molecule has 29 heavy (non-hydrogen) atoms. The van der Waals surface area contributed by atoms with Crippen LogP contribution in [-0.4, -0.2) is 43.8 Å². The zero-order chi connectivity index (χ0) is 21.0. The van der Waals surface area contributed by atoms with Crippen LogP contribution in [0, 0.1) is 0 Å². The Kier molecular flexibility index (Phi) is 6.09. The van der Waals surface area contributed by atoms with Gasteiger partial charge < -0.3 is 29.2 Å². The van der Waals surface area contributed by atoms with Crippen LogP contribution >= 0.6 is 0 Å². The van der Waals surface area contributed by atoms with E-state index in [9.17, 15) is 15.0 Å². The number of aromatic hydroxyl groups is 1. The van der Waals surface area contributed by atoms with Crippen molar-refractivity contribution in [2.45, 2.75) is 6.42 Å². The average molecular weight is 398 g/mol. The van der Waals surface area contributed by atoms with Gasteiger partial charge in [-0.2, -0.15) is 0 Å². The second-order valence-corrected chi connectivity index (χ2v) is 6.38. The van der Waals surface area contributed by atoms with Gasteiger partial charge in [-0.3, -0.25) is 4.79 Å². The van der Waals surface area contributed by atoms with Gasteiger partial charge in [-0.25, -0.2) is 0 Å². The average Bonchev–Trinajstić information content (AvgIpc) is 2.77. The summed E-state index contributed by atoms with van der Waals surface area (Å²) in [7, 11) is 2.94. The van der Waals surface area contributed by atoms with Crippen LogP contribution in [0.15, 0.2) is 48.6 Å². The van der Waals surface area contributed by atoms with Gasteiger partial charge in [0.25, 0.3) is 0 Å². The predicted octanol–water partition coefficient (Wildman–Crippen LogP) is 1.75. The molecule has 2 aromatic rings. The number of aliphatic hydroxyl groups is 1. The molecule has 0 bridgehead atoms. The standard InChI is InChI=1S/C22H22O7/c1-13-11-28-19(24)10-17(14-4-6-15(7-5-14)29-12-26-2)20-16(21(13)25)8-9-18(23)22(20)27-3/h4-9,23,25H,1,10-12H2,2-3H3/b20-17-,21-16?. The van der Waals surface area contributed by atoms with E-state index in [0.29, 0.717) is 27.3 Å². The number of hydrogen-bond donors (Lipinski definition) is 2. The molecule has 2 N–H and O–H groups in total. The van der Waals surface area contributed by atoms with E-state index >= 15 is 0 Å². The Labute approximate surface area is 167 Å². The first-order valence-corrected chi connectivity index (χ1v) is 8.84. The van der Waals surface area contributed by atoms with Crippen molar-refractivity contribution in [2.75, 3.05) is 27.6 Å². The normalized spacial score (nSPS) is 16.3. The Morgan fingerprint density at radius 3 is 2.48 bits per heavy atom. The minimum Gasteiger partial charge on any atom is -0.507 e. The lowest BCUT2D eigenvalue weighted by Gasteiger charge is -2.12. The van der Waals surface area contributed by atoms with Crippen molar-refractivity contribution in [1.29, 1.82) is 0 Å². The lowest BCUT2D eigenvalue weighted by Crippen LogP contribution is -2.32. The Morgan fingerprint density at radius 2 is 1.83 bits per heavy atom. The summed E-state index contributed by atoms with van der Waals surface area (Å²) in [5.41, 5.74) is 1.45. The van der Waals surface area contributed by atoms with E-state index in [1.165, 1.54) is 20.3 Å². The van der Waals surface area contributed by atoms with Gasteiger partial charge in [-0.05, 0) is 35.4 Å². The highest BCUT2D eigenvalue weighted by Crippen LogP contribution is 2.25. The minimum atomic E-state index is -0.494. The molecule has 0 aliphatic carbocycles. The predicted molar refractivity (Wildman–Crippen MR) is 106 cm³/mol. The number of esters is 1. The number of benzene rings is 2. The second kappa shape index (κ2) is 8.70. The van der Waals surface area contributed by atoms with Gasteiger partial charge in [0.15, 0.2) is 18.3 Å². The minimum absolute atomic E-state index is 0.0916. The van der Waals surface area contributed by atoms with E-state index in [1.54, 1.807) is 30.3 Å². The summed E-state index contributed by atoms with van der Waals surface area (Å²) in [5, 5.41) is 21.8. The molecule has 2 aromatic carbocycles. The third-order valence-electron chi connectivity index (χ3n) is 4.51. The molecule has 1 aliphatic rings. The van der Waals surface area contributed by atoms with Gasteiger partial charge >= 0.3 is 5.97 Å². The third kappa shape index (κ3) is 4.20. The molecule has 0 aromatic heterocycles. The molecule has 3 rings (SSSR count). The SMILES string of the molecule is C=C1COC(=O)C/C(c2ccc(OCOC)cc2)=c2/c(OC)c(O)ccc2=C1O. The zero-order valence-electron chi connectivity index (χ0n) is 16.2. The maximum atomic E-state index is 12.4. The molecule has 0 radical (unpaired) electrons. The van der Waals surface area contributed by atoms with Crippen molar-refractivity contribution < 1.29 is 34.0 Å². The number of methoxy groups -OCH3 is 2. The van der Waals surface area contributed by atoms with Gasteiger partial charge in [0.2, 0.25) is 0 Å². The van der Waals surface area contributed by atoms with Crippen LogP contribution in [0.25, 0.3) is 11.3 Å². The number of phenols is 1. The number of cyclic esters (lactones) is 1. The molecule has 0 saturated heterocycles. The van der Waals surface area contributed by atoms with Crippen molar-refractivity contribution in [1.82, 2.24) is 0 Å². The Hall–Kier alpha value is -3.45. The highest BCUT2D eigenvalue weighted by atomic mass is 16.7. The highest BCUT2D eigenvalue weighted by molar-refractivity contribution is 5.86. The molecule has 0 spiro atoms. The number of fused-ring (bicyclic) bond motifs is 1. The highest BCUT2D eigenvalue weighted by Gasteiger charge is 2.20. The fourth-order valence-corrected chi connectivity index (χ4v) is 3.11. The zero-order valence-corrected chi connectivity index (χ0v) is 16.2. The molecular weight excluding hydrogens is 376 g/mol. The van der Waals surface area contributed by atoms with Crippen molar-refractivity contribution in [3.8, 4) is 17.2 Å². The van der Waals surface area contributed by atoms with Crippen molar-refractivity contribution in [3.05, 3.63) is 64.6 Å². The van der Waals surface area contributed by atoms with Gasteiger partial charge in [0.1, 0.15) is 18.1 Å². The molecule has 0 saturated carbocycles. The summed E-state index contributed by atoms with van der Waals surface area (Å²) in [6.45, 7) is 3.76. The second-order valence-electron chi connectivity index (χ2n) is 6.38. The first kappa shape index (κ1) is 20.3. The number of ether oxygens (including phenoxy) is 4. The van der Waals surface area contributed by atoms with Crippen LogP contribution in [0.5, 0.6) is 17.2 Å². The van der Waals surface area contributed by atoms with Crippen LogP contribution < -0.4 is 19.9 Å². The summed E-state index contributed by atoms with van der Waals surface area (Å²) < 4.78 is 20.9. The quantitative estimate of drug-likeness (QED) is 0.585. The fourth-order valence-electron chi connectivity index (χ4n) is 3.11. The smallest absolute Gasteiger partial charge is 0.310 e. The van der Waals surface area contributed by atoms with E-state index in [2.05, 4.69) is 6.58 Å². The summed E-state index contributed by atoms with van der Waals surface area (Å²) >= 11 is 0. The van der Waals surface area contributed by atoms with E-state index in [4.69, 9.17) is 18.9 Å². The van der Waals surface area contributed by atoms with E-state index in [-0.39, 0.29) is 42.7 Å². The van der Waals surface area contributed by atoms with Crippen LogP contribution in [0.2, 0.25) is 0 Å². The molecule has 7 nitrogen and oxygen atoms in total. The molecule has 0 atom stereocenters. The number of carbonyl (C=O) groups excluding carboxylic acids is 1. The lowest BCUT2D eigenvalue weighted by molar-refractivity contribution is -0.141. The molecule has 1 aliphatic heterocycles. The van der Waals surface area contributed by atoms with Crippen molar-refractivity contribution >= 4 is 17.3 Å². The van der Waals surface area contributed by atoms with Gasteiger partial charge in [0.05, 0.1) is 13.5 Å². The lowest BCUT2D eigenvalue weighted by atomic mass is 9.97. The Morgan fingerprint density at radius 1 is 1.10 bits per heavy atom. The van der Waals surface area contributed by atoms with Gasteiger partial charge in [-0.1, -0.05) is 18.7 Å². The van der Waals surface area contributed by atoms with E-state index in [0.717, 1.165) is 0 Å². The van der Waals surface area contributed by atoms with Crippen LogP contribution in [0.3, 0.4) is 0 Å². The number of aliphatic hydroxyl groups excluding tert-OH is 1. The fraction of sp³-hybridized carbons (Fsp3) is 0.227. The third-order valence-corrected chi connectivity index (χ3v) is 4.51. The Balaban J connectivity index is 2.36. The molecule has 0 unspecified atom stereocenters. The topological polar surface area (TPSA) is 94.5 Å². The molecule has 0 amide bonds. The molecule has 0 fully saturated rings. The maximum Gasteiger partial charge on any atom is 0.310 e. The number of rotatable bonds is 5. The van der Waals surface area contributed by atoms with Gasteiger partial charge in [0, 0.05) is 23.1 Å². The summed E-state index contributed by atoms with van der Waals surface area (Å²) in [6.07, 6.45) is -0.0916. The van der Waals surface area contributed by atoms with Crippen LogP contribution in [0.1, 0.15) is 12.0 Å². The molecule has 7 heteroatoms. The van der Waals surface area contributed by atoms with Crippen molar-refractivity contribution in [3.63, 3.8) is 0 Å². The van der Waals surface area contributed by atoms with E-state index in [1.807, 2.05) is 0 Å². The van der Waals surface area contributed by atoms with Crippen molar-refractivity contribution in [2.24, 2.45) is 0 Å². The molecule has 152 valence electrons. The first-order chi connectivity index (χ1) is 14.0. The molecular formula is C22H22O7. The monoisotopic (exact) mass is 398 g/mol. The maximum absolute atomic E-state index is 12.4. The number of carbonyl (C=O) groups is 1. The Bertz CT molecular complexity index is 1050. The molecule has 1 heterocycles. The number of hydrogen-bond acceptors (Lipinski definition) is 7. The van der Waals surface area contributed by atoms with Crippen LogP contribution in [0.4, 0.5) is 0 Å². The summed E-state index contributed by atoms with van der Waals surface area (Å²) in [5.74, 6) is -0.00809. The van der Waals surface area contributed by atoms with Gasteiger partial charge in [-0.15, -0.1) is 0 Å². The number of phenolic OH excluding ortho intramolecular Hbond substituents is 1. The van der Waals surface area contributed by atoms with E-state index < -0.39 is 5.97 Å². The largest absolute Gasteiger partial charge is 0.507 e. The summed E-state index contributed by atoms with van der Waals surface area (Å²) in [4.78, 5) is 12.4. The van der Waals surface area contributed by atoms with Crippen LogP contribution in [-0.2, 0) is 14.3 Å². The first-order valence-electron chi connectivity index (χ1n) is 8.84.